The maximum atomic E-state index is 12.9. The van der Waals surface area contributed by atoms with Crippen molar-refractivity contribution in [3.8, 4) is 0 Å². The highest BCUT2D eigenvalue weighted by Crippen LogP contribution is 2.23. The summed E-state index contributed by atoms with van der Waals surface area (Å²) in [6.07, 6.45) is 3.64. The molecule has 2 aromatic rings. The Bertz CT molecular complexity index is 790. The number of hydrogen-bond acceptors (Lipinski definition) is 3. The molecule has 2 aromatic carbocycles. The third kappa shape index (κ3) is 5.37. The average Bonchev–Trinajstić information content (AvgIpc) is 2.67. The van der Waals surface area contributed by atoms with Gasteiger partial charge in [0.15, 0.2) is 0 Å². The molecule has 2 amide bonds. The highest BCUT2D eigenvalue weighted by atomic mass is 19.1. The molecule has 0 radical (unpaired) electrons. The van der Waals surface area contributed by atoms with Crippen LogP contribution in [-0.2, 0) is 11.3 Å². The van der Waals surface area contributed by atoms with Crippen LogP contribution in [0.5, 0.6) is 0 Å². The Balaban J connectivity index is 1.50. The van der Waals surface area contributed by atoms with Crippen molar-refractivity contribution < 1.29 is 14.0 Å². The molecule has 0 heterocycles. The monoisotopic (exact) mass is 369 g/mol. The summed E-state index contributed by atoms with van der Waals surface area (Å²) in [7, 11) is 0. The van der Waals surface area contributed by atoms with Crippen LogP contribution >= 0.6 is 0 Å². The minimum atomic E-state index is -0.381. The fourth-order valence-electron chi connectivity index (χ4n) is 3.31. The van der Waals surface area contributed by atoms with Crippen molar-refractivity contribution in [1.29, 1.82) is 0 Å². The molecule has 5 nitrogen and oxygen atoms in total. The van der Waals surface area contributed by atoms with Crippen molar-refractivity contribution in [2.45, 2.75) is 38.3 Å². The molecule has 1 saturated carbocycles. The van der Waals surface area contributed by atoms with E-state index in [0.717, 1.165) is 31.2 Å². The lowest BCUT2D eigenvalue weighted by Gasteiger charge is -2.25. The van der Waals surface area contributed by atoms with Crippen LogP contribution in [0, 0.1) is 11.7 Å². The number of amides is 2. The lowest BCUT2D eigenvalue weighted by molar-refractivity contribution is -0.126. The van der Waals surface area contributed by atoms with E-state index in [1.165, 1.54) is 24.3 Å². The van der Waals surface area contributed by atoms with E-state index < -0.39 is 0 Å². The lowest BCUT2D eigenvalue weighted by atomic mass is 9.85. The van der Waals surface area contributed by atoms with Gasteiger partial charge in [-0.15, -0.1) is 0 Å². The van der Waals surface area contributed by atoms with Crippen molar-refractivity contribution in [3.63, 3.8) is 0 Å². The molecule has 0 spiro atoms. The fourth-order valence-corrected chi connectivity index (χ4v) is 3.31. The normalized spacial score (nSPS) is 19.3. The zero-order valence-corrected chi connectivity index (χ0v) is 15.1. The Morgan fingerprint density at radius 2 is 1.74 bits per heavy atom. The second-order valence-corrected chi connectivity index (χ2v) is 7.00. The summed E-state index contributed by atoms with van der Waals surface area (Å²) in [6.45, 7) is 0.441. The van der Waals surface area contributed by atoms with Gasteiger partial charge in [-0.25, -0.2) is 4.39 Å². The molecular formula is C21H24FN3O2. The van der Waals surface area contributed by atoms with Gasteiger partial charge in [-0.1, -0.05) is 18.6 Å². The first kappa shape index (κ1) is 19.0. The van der Waals surface area contributed by atoms with E-state index in [9.17, 15) is 14.0 Å². The van der Waals surface area contributed by atoms with Crippen LogP contribution in [0.1, 0.15) is 41.6 Å². The molecule has 1 aliphatic rings. The number of hydrogen-bond donors (Lipinski definition) is 3. The van der Waals surface area contributed by atoms with Gasteiger partial charge in [-0.3, -0.25) is 9.59 Å². The largest absolute Gasteiger partial charge is 0.352 e. The Morgan fingerprint density at radius 1 is 1.04 bits per heavy atom. The molecule has 2 unspecified atom stereocenters. The maximum Gasteiger partial charge on any atom is 0.255 e. The molecule has 0 aromatic heterocycles. The van der Waals surface area contributed by atoms with Crippen molar-refractivity contribution in [2.75, 3.05) is 5.32 Å². The molecule has 1 aliphatic carbocycles. The SMILES string of the molecule is NC1CCCC(C(=O)NCc2ccc(NC(=O)c3ccc(F)cc3)cc2)C1. The van der Waals surface area contributed by atoms with Crippen molar-refractivity contribution >= 4 is 17.5 Å². The van der Waals surface area contributed by atoms with Crippen LogP contribution < -0.4 is 16.4 Å². The first-order valence-corrected chi connectivity index (χ1v) is 9.20. The van der Waals surface area contributed by atoms with Crippen LogP contribution in [0.4, 0.5) is 10.1 Å². The van der Waals surface area contributed by atoms with Gasteiger partial charge in [0.25, 0.3) is 5.91 Å². The Kier molecular flexibility index (Phi) is 6.19. The number of benzene rings is 2. The second-order valence-electron chi connectivity index (χ2n) is 7.00. The molecule has 142 valence electrons. The summed E-state index contributed by atoms with van der Waals surface area (Å²) >= 11 is 0. The van der Waals surface area contributed by atoms with Gasteiger partial charge in [-0.2, -0.15) is 0 Å². The predicted octanol–water partition coefficient (Wildman–Crippen LogP) is 3.21. The van der Waals surface area contributed by atoms with Crippen LogP contribution in [0.25, 0.3) is 0 Å². The smallest absolute Gasteiger partial charge is 0.255 e. The summed E-state index contributed by atoms with van der Waals surface area (Å²) in [5.41, 5.74) is 7.91. The zero-order valence-electron chi connectivity index (χ0n) is 15.1. The van der Waals surface area contributed by atoms with E-state index in [1.54, 1.807) is 12.1 Å². The quantitative estimate of drug-likeness (QED) is 0.757. The van der Waals surface area contributed by atoms with Crippen molar-refractivity contribution in [2.24, 2.45) is 11.7 Å². The molecule has 0 aliphatic heterocycles. The minimum absolute atomic E-state index is 0.00280. The standard InChI is InChI=1S/C21H24FN3O2/c22-17-8-6-15(7-9-17)21(27)25-19-10-4-14(5-11-19)13-24-20(26)16-2-1-3-18(23)12-16/h4-11,16,18H,1-3,12-13,23H2,(H,24,26)(H,25,27). The van der Waals surface area contributed by atoms with Gasteiger partial charge in [0.2, 0.25) is 5.91 Å². The number of halogens is 1. The molecule has 0 bridgehead atoms. The molecule has 2 atom stereocenters. The molecule has 1 fully saturated rings. The molecular weight excluding hydrogens is 345 g/mol. The summed E-state index contributed by atoms with van der Waals surface area (Å²) < 4.78 is 12.9. The average molecular weight is 369 g/mol. The number of carbonyl (C=O) groups is 2. The number of carbonyl (C=O) groups excluding carboxylic acids is 2. The number of nitrogens with one attached hydrogen (secondary N) is 2. The van der Waals surface area contributed by atoms with Gasteiger partial charge in [-0.05, 0) is 61.2 Å². The topological polar surface area (TPSA) is 84.2 Å². The van der Waals surface area contributed by atoms with E-state index in [0.29, 0.717) is 17.8 Å². The summed E-state index contributed by atoms with van der Waals surface area (Å²) in [6, 6.07) is 12.8. The fraction of sp³-hybridized carbons (Fsp3) is 0.333. The van der Waals surface area contributed by atoms with Gasteiger partial charge < -0.3 is 16.4 Å². The van der Waals surface area contributed by atoms with E-state index in [-0.39, 0.29) is 29.6 Å². The van der Waals surface area contributed by atoms with Crippen LogP contribution in [0.2, 0.25) is 0 Å². The third-order valence-corrected chi connectivity index (χ3v) is 4.87. The minimum Gasteiger partial charge on any atom is -0.352 e. The number of nitrogens with two attached hydrogens (primary N) is 1. The zero-order chi connectivity index (χ0) is 19.2. The summed E-state index contributed by atoms with van der Waals surface area (Å²) in [5.74, 6) is -0.625. The lowest BCUT2D eigenvalue weighted by Crippen LogP contribution is -2.37. The van der Waals surface area contributed by atoms with Crippen LogP contribution in [0.15, 0.2) is 48.5 Å². The van der Waals surface area contributed by atoms with E-state index in [1.807, 2.05) is 12.1 Å². The van der Waals surface area contributed by atoms with Gasteiger partial charge in [0.1, 0.15) is 5.82 Å². The first-order chi connectivity index (χ1) is 13.0. The van der Waals surface area contributed by atoms with E-state index in [4.69, 9.17) is 5.73 Å². The van der Waals surface area contributed by atoms with Crippen molar-refractivity contribution in [3.05, 3.63) is 65.5 Å². The molecule has 4 N–H and O–H groups in total. The Morgan fingerprint density at radius 3 is 2.41 bits per heavy atom. The molecule has 27 heavy (non-hydrogen) atoms. The van der Waals surface area contributed by atoms with E-state index >= 15 is 0 Å². The Labute approximate surface area is 158 Å². The third-order valence-electron chi connectivity index (χ3n) is 4.87. The van der Waals surface area contributed by atoms with Crippen molar-refractivity contribution in [1.82, 2.24) is 5.32 Å². The van der Waals surface area contributed by atoms with Gasteiger partial charge in [0, 0.05) is 29.8 Å². The highest BCUT2D eigenvalue weighted by molar-refractivity contribution is 6.04. The molecule has 6 heteroatoms. The maximum absolute atomic E-state index is 12.9. The summed E-state index contributed by atoms with van der Waals surface area (Å²) in [5, 5.41) is 5.73. The Hall–Kier alpha value is -2.73. The second kappa shape index (κ2) is 8.77. The van der Waals surface area contributed by atoms with Crippen LogP contribution in [0.3, 0.4) is 0 Å². The highest BCUT2D eigenvalue weighted by Gasteiger charge is 2.24. The molecule has 0 saturated heterocycles. The van der Waals surface area contributed by atoms with Gasteiger partial charge >= 0.3 is 0 Å². The van der Waals surface area contributed by atoms with Crippen LogP contribution in [-0.4, -0.2) is 17.9 Å². The number of anilines is 1. The molecule has 3 rings (SSSR count). The first-order valence-electron chi connectivity index (χ1n) is 9.20. The number of rotatable bonds is 5. The van der Waals surface area contributed by atoms with E-state index in [2.05, 4.69) is 10.6 Å². The predicted molar refractivity (Wildman–Crippen MR) is 103 cm³/mol. The summed E-state index contributed by atoms with van der Waals surface area (Å²) in [4.78, 5) is 24.4. The van der Waals surface area contributed by atoms with Gasteiger partial charge in [0.05, 0.1) is 0 Å².